The van der Waals surface area contributed by atoms with Crippen LogP contribution in [-0.2, 0) is 20.7 Å². The van der Waals surface area contributed by atoms with Crippen LogP contribution in [0.25, 0.3) is 0 Å². The van der Waals surface area contributed by atoms with Crippen LogP contribution >= 0.6 is 23.1 Å². The molecule has 2 rings (SSSR count). The number of aryl methyl sites for hydroxylation is 2. The lowest BCUT2D eigenvalue weighted by Crippen LogP contribution is -2.22. The first-order chi connectivity index (χ1) is 12.8. The Morgan fingerprint density at radius 3 is 2.52 bits per heavy atom. The molecule has 0 fully saturated rings. The maximum atomic E-state index is 11.9. The van der Waals surface area contributed by atoms with Gasteiger partial charge >= 0.3 is 5.97 Å². The highest BCUT2D eigenvalue weighted by Crippen LogP contribution is 2.22. The molecule has 0 radical (unpaired) electrons. The molecular weight excluding hydrogens is 388 g/mol. The van der Waals surface area contributed by atoms with Crippen molar-refractivity contribution in [3.63, 3.8) is 0 Å². The number of anilines is 1. The van der Waals surface area contributed by atoms with E-state index in [9.17, 15) is 14.4 Å². The number of rotatable bonds is 8. The van der Waals surface area contributed by atoms with Crippen molar-refractivity contribution in [3.8, 4) is 0 Å². The van der Waals surface area contributed by atoms with E-state index in [0.717, 1.165) is 17.0 Å². The number of thiophene rings is 1. The Morgan fingerprint density at radius 2 is 1.93 bits per heavy atom. The molecule has 0 aliphatic carbocycles. The fourth-order valence-electron chi connectivity index (χ4n) is 2.37. The van der Waals surface area contributed by atoms with Crippen LogP contribution in [-0.4, -0.2) is 40.6 Å². The molecule has 2 aromatic heterocycles. The van der Waals surface area contributed by atoms with Crippen LogP contribution in [0.15, 0.2) is 16.6 Å². The Morgan fingerprint density at radius 1 is 1.26 bits per heavy atom. The molecule has 0 aliphatic heterocycles. The zero-order valence-corrected chi connectivity index (χ0v) is 16.8. The van der Waals surface area contributed by atoms with E-state index in [1.165, 1.54) is 29.2 Å². The molecule has 3 N–H and O–H groups in total. The number of primary amides is 1. The molecule has 0 saturated carbocycles. The summed E-state index contributed by atoms with van der Waals surface area (Å²) < 4.78 is 4.99. The third-order valence-corrected chi connectivity index (χ3v) is 5.09. The fourth-order valence-corrected chi connectivity index (χ4v) is 3.63. The summed E-state index contributed by atoms with van der Waals surface area (Å²) in [5, 5.41) is 5.17. The van der Waals surface area contributed by atoms with Crippen LogP contribution in [0.2, 0.25) is 0 Å². The van der Waals surface area contributed by atoms with E-state index in [4.69, 9.17) is 10.5 Å². The van der Waals surface area contributed by atoms with Crippen molar-refractivity contribution in [2.24, 2.45) is 5.73 Å². The van der Waals surface area contributed by atoms with Gasteiger partial charge in [-0.05, 0) is 43.5 Å². The van der Waals surface area contributed by atoms with Gasteiger partial charge in [-0.1, -0.05) is 11.8 Å². The number of amides is 2. The summed E-state index contributed by atoms with van der Waals surface area (Å²) in [6, 6.07) is 1.52. The number of aromatic nitrogens is 2. The maximum absolute atomic E-state index is 11.9. The Bertz CT molecular complexity index is 843. The van der Waals surface area contributed by atoms with E-state index in [2.05, 4.69) is 15.3 Å². The number of hydrogen-bond donors (Lipinski definition) is 2. The average Bonchev–Trinajstić information content (AvgIpc) is 3.07. The van der Waals surface area contributed by atoms with Gasteiger partial charge in [-0.3, -0.25) is 14.4 Å². The highest BCUT2D eigenvalue weighted by atomic mass is 32.2. The van der Waals surface area contributed by atoms with Gasteiger partial charge in [-0.25, -0.2) is 9.97 Å². The van der Waals surface area contributed by atoms with E-state index in [-0.39, 0.29) is 12.0 Å². The SMILES string of the molecule is CSc1nc(C)c(CCC(=O)OCC(=O)Nc2sccc2C(N)=O)c(C)n1. The fraction of sp³-hybridized carbons (Fsp3) is 0.353. The molecule has 27 heavy (non-hydrogen) atoms. The summed E-state index contributed by atoms with van der Waals surface area (Å²) in [6.07, 6.45) is 2.45. The molecule has 2 amide bonds. The summed E-state index contributed by atoms with van der Waals surface area (Å²) in [5.74, 6) is -1.67. The van der Waals surface area contributed by atoms with Gasteiger partial charge in [0.05, 0.1) is 5.56 Å². The summed E-state index contributed by atoms with van der Waals surface area (Å²) in [5.41, 5.74) is 7.99. The van der Waals surface area contributed by atoms with Gasteiger partial charge in [0, 0.05) is 17.8 Å². The summed E-state index contributed by atoms with van der Waals surface area (Å²) in [6.45, 7) is 3.31. The lowest BCUT2D eigenvalue weighted by Gasteiger charge is -2.10. The predicted molar refractivity (Wildman–Crippen MR) is 104 cm³/mol. The minimum absolute atomic E-state index is 0.114. The quantitative estimate of drug-likeness (QED) is 0.389. The van der Waals surface area contributed by atoms with Gasteiger partial charge in [0.1, 0.15) is 5.00 Å². The van der Waals surface area contributed by atoms with Crippen molar-refractivity contribution in [3.05, 3.63) is 34.0 Å². The average molecular weight is 409 g/mol. The molecule has 0 aliphatic rings. The second-order valence-corrected chi connectivity index (χ2v) is 7.29. The first-order valence-corrected chi connectivity index (χ1v) is 10.1. The molecule has 0 atom stereocenters. The van der Waals surface area contributed by atoms with Crippen molar-refractivity contribution in [1.29, 1.82) is 0 Å². The topological polar surface area (TPSA) is 124 Å². The number of hydrogen-bond acceptors (Lipinski definition) is 8. The zero-order valence-electron chi connectivity index (χ0n) is 15.2. The normalized spacial score (nSPS) is 10.5. The molecule has 0 aromatic carbocycles. The second-order valence-electron chi connectivity index (χ2n) is 5.60. The molecule has 0 saturated heterocycles. The second kappa shape index (κ2) is 9.47. The molecule has 0 unspecified atom stereocenters. The summed E-state index contributed by atoms with van der Waals surface area (Å²) in [4.78, 5) is 43.8. The minimum Gasteiger partial charge on any atom is -0.456 e. The third-order valence-electron chi connectivity index (χ3n) is 3.71. The largest absolute Gasteiger partial charge is 0.456 e. The number of carbonyl (C=O) groups excluding carboxylic acids is 3. The molecular formula is C17H20N4O4S2. The molecule has 0 bridgehead atoms. The Balaban J connectivity index is 1.83. The molecule has 0 spiro atoms. The molecule has 10 heteroatoms. The minimum atomic E-state index is -0.635. The third kappa shape index (κ3) is 5.76. The lowest BCUT2D eigenvalue weighted by molar-refractivity contribution is -0.147. The number of nitrogens with two attached hydrogens (primary N) is 1. The van der Waals surface area contributed by atoms with Gasteiger partial charge < -0.3 is 15.8 Å². The number of ether oxygens (including phenoxy) is 1. The zero-order chi connectivity index (χ0) is 20.0. The maximum Gasteiger partial charge on any atom is 0.306 e. The lowest BCUT2D eigenvalue weighted by atomic mass is 10.1. The van der Waals surface area contributed by atoms with E-state index < -0.39 is 24.4 Å². The van der Waals surface area contributed by atoms with E-state index in [1.807, 2.05) is 20.1 Å². The van der Waals surface area contributed by atoms with Crippen LogP contribution in [0.1, 0.15) is 33.7 Å². The highest BCUT2D eigenvalue weighted by molar-refractivity contribution is 7.98. The first kappa shape index (κ1) is 20.8. The number of nitrogens with zero attached hydrogens (tertiary/aromatic N) is 2. The van der Waals surface area contributed by atoms with Crippen LogP contribution in [0.5, 0.6) is 0 Å². The van der Waals surface area contributed by atoms with Crippen molar-refractivity contribution < 1.29 is 19.1 Å². The van der Waals surface area contributed by atoms with Gasteiger partial charge in [0.2, 0.25) is 0 Å². The molecule has 8 nitrogen and oxygen atoms in total. The first-order valence-electron chi connectivity index (χ1n) is 8.02. The molecule has 144 valence electrons. The number of nitrogens with one attached hydrogen (secondary N) is 1. The standard InChI is InChI=1S/C17H20N4O4S2/c1-9-11(10(2)20-17(19-9)26-3)4-5-14(23)25-8-13(22)21-16-12(15(18)24)6-7-27-16/h6-7H,4-5,8H2,1-3H3,(H2,18,24)(H,21,22). The number of thioether (sulfide) groups is 1. The van der Waals surface area contributed by atoms with E-state index in [0.29, 0.717) is 16.6 Å². The van der Waals surface area contributed by atoms with Crippen molar-refractivity contribution >= 4 is 45.9 Å². The van der Waals surface area contributed by atoms with Crippen LogP contribution in [0, 0.1) is 13.8 Å². The molecule has 2 heterocycles. The van der Waals surface area contributed by atoms with Crippen molar-refractivity contribution in [2.45, 2.75) is 31.8 Å². The van der Waals surface area contributed by atoms with Gasteiger partial charge in [0.15, 0.2) is 11.8 Å². The monoisotopic (exact) mass is 408 g/mol. The van der Waals surface area contributed by atoms with Crippen LogP contribution < -0.4 is 11.1 Å². The Labute approximate surface area is 164 Å². The van der Waals surface area contributed by atoms with Gasteiger partial charge in [0.25, 0.3) is 11.8 Å². The highest BCUT2D eigenvalue weighted by Gasteiger charge is 2.15. The smallest absolute Gasteiger partial charge is 0.306 e. The van der Waals surface area contributed by atoms with Gasteiger partial charge in [-0.2, -0.15) is 0 Å². The van der Waals surface area contributed by atoms with Crippen LogP contribution in [0.3, 0.4) is 0 Å². The van der Waals surface area contributed by atoms with Gasteiger partial charge in [-0.15, -0.1) is 11.3 Å². The summed E-state index contributed by atoms with van der Waals surface area (Å²) in [7, 11) is 0. The predicted octanol–water partition coefficient (Wildman–Crippen LogP) is 2.09. The van der Waals surface area contributed by atoms with E-state index >= 15 is 0 Å². The number of esters is 1. The Kier molecular flexibility index (Phi) is 7.31. The van der Waals surface area contributed by atoms with Crippen LogP contribution in [0.4, 0.5) is 5.00 Å². The summed E-state index contributed by atoms with van der Waals surface area (Å²) >= 11 is 2.62. The van der Waals surface area contributed by atoms with Crippen molar-refractivity contribution in [2.75, 3.05) is 18.2 Å². The Hall–Kier alpha value is -2.46. The molecule has 2 aromatic rings. The van der Waals surface area contributed by atoms with Crippen molar-refractivity contribution in [1.82, 2.24) is 9.97 Å². The number of carbonyl (C=O) groups is 3. The van der Waals surface area contributed by atoms with E-state index in [1.54, 1.807) is 5.38 Å².